The van der Waals surface area contributed by atoms with Crippen LogP contribution in [0.1, 0.15) is 37.4 Å². The van der Waals surface area contributed by atoms with E-state index in [0.29, 0.717) is 5.41 Å². The summed E-state index contributed by atoms with van der Waals surface area (Å²) < 4.78 is 0. The zero-order valence-electron chi connectivity index (χ0n) is 13.0. The van der Waals surface area contributed by atoms with E-state index in [9.17, 15) is 0 Å². The average Bonchev–Trinajstić information content (AvgIpc) is 3.30. The van der Waals surface area contributed by atoms with Crippen molar-refractivity contribution in [1.29, 1.82) is 0 Å². The summed E-state index contributed by atoms with van der Waals surface area (Å²) in [7, 11) is 0. The van der Waals surface area contributed by atoms with Crippen LogP contribution in [0.2, 0.25) is 0 Å². The van der Waals surface area contributed by atoms with Crippen LogP contribution in [0, 0.1) is 19.3 Å². The Bertz CT molecular complexity index is 633. The molecule has 4 heteroatoms. The fraction of sp³-hybridized carbons (Fsp3) is 0.471. The molecule has 0 spiro atoms. The van der Waals surface area contributed by atoms with E-state index in [1.54, 1.807) is 12.4 Å². The van der Waals surface area contributed by atoms with Crippen molar-refractivity contribution >= 4 is 5.82 Å². The van der Waals surface area contributed by atoms with Gasteiger partial charge in [0.25, 0.3) is 0 Å². The van der Waals surface area contributed by atoms with Gasteiger partial charge in [-0.15, -0.1) is 0 Å². The van der Waals surface area contributed by atoms with Crippen molar-refractivity contribution in [1.82, 2.24) is 15.0 Å². The van der Waals surface area contributed by atoms with Crippen molar-refractivity contribution in [3.8, 4) is 11.4 Å². The van der Waals surface area contributed by atoms with E-state index in [1.165, 1.54) is 19.3 Å². The van der Waals surface area contributed by atoms with Gasteiger partial charge in [-0.3, -0.25) is 4.98 Å². The number of hydrogen-bond donors (Lipinski definition) is 1. The number of nitrogens with one attached hydrogen (secondary N) is 1. The molecule has 1 fully saturated rings. The molecular weight excluding hydrogens is 260 g/mol. The minimum atomic E-state index is 0.502. The Morgan fingerprint density at radius 1 is 1.14 bits per heavy atom. The van der Waals surface area contributed by atoms with Crippen LogP contribution in [-0.4, -0.2) is 21.5 Å². The molecule has 1 aliphatic rings. The Labute approximate surface area is 126 Å². The number of aryl methyl sites for hydroxylation is 1. The topological polar surface area (TPSA) is 50.7 Å². The van der Waals surface area contributed by atoms with Gasteiger partial charge in [0.1, 0.15) is 5.82 Å². The van der Waals surface area contributed by atoms with E-state index in [1.807, 2.05) is 19.1 Å². The first-order valence-corrected chi connectivity index (χ1v) is 7.63. The Kier molecular flexibility index (Phi) is 3.62. The number of anilines is 1. The van der Waals surface area contributed by atoms with Gasteiger partial charge in [-0.1, -0.05) is 6.92 Å². The molecule has 1 saturated carbocycles. The molecule has 21 heavy (non-hydrogen) atoms. The first-order valence-electron chi connectivity index (χ1n) is 7.63. The lowest BCUT2D eigenvalue weighted by atomic mass is 10.0. The molecule has 2 heterocycles. The van der Waals surface area contributed by atoms with E-state index in [2.05, 4.69) is 29.1 Å². The third kappa shape index (κ3) is 2.89. The lowest BCUT2D eigenvalue weighted by molar-refractivity contribution is 0.520. The van der Waals surface area contributed by atoms with Gasteiger partial charge in [0, 0.05) is 35.8 Å². The van der Waals surface area contributed by atoms with Crippen LogP contribution in [-0.2, 0) is 0 Å². The van der Waals surface area contributed by atoms with Gasteiger partial charge >= 0.3 is 0 Å². The van der Waals surface area contributed by atoms with Crippen molar-refractivity contribution in [3.05, 3.63) is 35.8 Å². The minimum Gasteiger partial charge on any atom is -0.369 e. The zero-order chi connectivity index (χ0) is 14.9. The van der Waals surface area contributed by atoms with E-state index < -0.39 is 0 Å². The van der Waals surface area contributed by atoms with Gasteiger partial charge in [-0.2, -0.15) is 0 Å². The Morgan fingerprint density at radius 3 is 2.48 bits per heavy atom. The third-order valence-electron chi connectivity index (χ3n) is 4.67. The SMILES string of the molecule is CCC1(CNc2nc(-c3ccncc3)nc(C)c2C)CC1. The minimum absolute atomic E-state index is 0.502. The van der Waals surface area contributed by atoms with Crippen molar-refractivity contribution in [2.75, 3.05) is 11.9 Å². The highest BCUT2D eigenvalue weighted by Crippen LogP contribution is 2.48. The van der Waals surface area contributed by atoms with E-state index in [0.717, 1.165) is 35.0 Å². The van der Waals surface area contributed by atoms with Crippen LogP contribution in [0.25, 0.3) is 11.4 Å². The molecule has 3 rings (SSSR count). The molecule has 0 bridgehead atoms. The summed E-state index contributed by atoms with van der Waals surface area (Å²) in [5.74, 6) is 1.73. The van der Waals surface area contributed by atoms with Gasteiger partial charge < -0.3 is 5.32 Å². The third-order valence-corrected chi connectivity index (χ3v) is 4.67. The zero-order valence-corrected chi connectivity index (χ0v) is 13.0. The van der Waals surface area contributed by atoms with Crippen molar-refractivity contribution in [3.63, 3.8) is 0 Å². The normalized spacial score (nSPS) is 15.8. The molecule has 0 aromatic carbocycles. The second kappa shape index (κ2) is 5.43. The monoisotopic (exact) mass is 282 g/mol. The number of nitrogens with zero attached hydrogens (tertiary/aromatic N) is 3. The summed E-state index contributed by atoms with van der Waals surface area (Å²) in [5, 5.41) is 3.55. The molecule has 1 aliphatic carbocycles. The lowest BCUT2D eigenvalue weighted by Crippen LogP contribution is -2.16. The van der Waals surface area contributed by atoms with Crippen LogP contribution >= 0.6 is 0 Å². The summed E-state index contributed by atoms with van der Waals surface area (Å²) in [5.41, 5.74) is 3.68. The number of hydrogen-bond acceptors (Lipinski definition) is 4. The van der Waals surface area contributed by atoms with Gasteiger partial charge in [0.15, 0.2) is 5.82 Å². The highest BCUT2D eigenvalue weighted by atomic mass is 15.0. The summed E-state index contributed by atoms with van der Waals surface area (Å²) in [4.78, 5) is 13.4. The molecule has 110 valence electrons. The summed E-state index contributed by atoms with van der Waals surface area (Å²) in [6, 6.07) is 3.89. The van der Waals surface area contributed by atoms with Gasteiger partial charge in [-0.05, 0) is 50.7 Å². The summed E-state index contributed by atoms with van der Waals surface area (Å²) in [6.45, 7) is 7.41. The highest BCUT2D eigenvalue weighted by Gasteiger charge is 2.40. The molecule has 0 radical (unpaired) electrons. The van der Waals surface area contributed by atoms with E-state index in [-0.39, 0.29) is 0 Å². The maximum Gasteiger partial charge on any atom is 0.161 e. The van der Waals surface area contributed by atoms with Crippen LogP contribution in [0.5, 0.6) is 0 Å². The molecule has 0 aliphatic heterocycles. The van der Waals surface area contributed by atoms with Gasteiger partial charge in [0.2, 0.25) is 0 Å². The van der Waals surface area contributed by atoms with Gasteiger partial charge in [0.05, 0.1) is 0 Å². The number of aromatic nitrogens is 3. The van der Waals surface area contributed by atoms with Crippen molar-refractivity contribution < 1.29 is 0 Å². The molecule has 2 aromatic rings. The summed E-state index contributed by atoms with van der Waals surface area (Å²) in [6.07, 6.45) is 7.45. The molecule has 1 N–H and O–H groups in total. The maximum absolute atomic E-state index is 4.72. The quantitative estimate of drug-likeness (QED) is 0.907. The predicted molar refractivity (Wildman–Crippen MR) is 85.2 cm³/mol. The largest absolute Gasteiger partial charge is 0.369 e. The highest BCUT2D eigenvalue weighted by molar-refractivity contribution is 5.59. The molecule has 0 amide bonds. The molecule has 4 nitrogen and oxygen atoms in total. The smallest absolute Gasteiger partial charge is 0.161 e. The average molecular weight is 282 g/mol. The van der Waals surface area contributed by atoms with Crippen molar-refractivity contribution in [2.45, 2.75) is 40.0 Å². The Balaban J connectivity index is 1.87. The first-order chi connectivity index (χ1) is 10.1. The molecule has 0 saturated heterocycles. The number of pyridine rings is 1. The van der Waals surface area contributed by atoms with Crippen LogP contribution in [0.3, 0.4) is 0 Å². The van der Waals surface area contributed by atoms with Crippen LogP contribution in [0.15, 0.2) is 24.5 Å². The fourth-order valence-electron chi connectivity index (χ4n) is 2.53. The van der Waals surface area contributed by atoms with Gasteiger partial charge in [-0.25, -0.2) is 9.97 Å². The maximum atomic E-state index is 4.72. The second-order valence-electron chi connectivity index (χ2n) is 6.05. The van der Waals surface area contributed by atoms with Crippen LogP contribution in [0.4, 0.5) is 5.82 Å². The summed E-state index contributed by atoms with van der Waals surface area (Å²) >= 11 is 0. The van der Waals surface area contributed by atoms with Crippen molar-refractivity contribution in [2.24, 2.45) is 5.41 Å². The molecule has 2 aromatic heterocycles. The van der Waals surface area contributed by atoms with Crippen LogP contribution < -0.4 is 5.32 Å². The predicted octanol–water partition coefficient (Wildman–Crippen LogP) is 3.76. The first kappa shape index (κ1) is 14.0. The standard InChI is InChI=1S/C17H22N4/c1-4-17(7-8-17)11-19-15-12(2)13(3)20-16(21-15)14-5-9-18-10-6-14/h5-6,9-10H,4,7-8,11H2,1-3H3,(H,19,20,21). The van der Waals surface area contributed by atoms with E-state index >= 15 is 0 Å². The van der Waals surface area contributed by atoms with E-state index in [4.69, 9.17) is 4.98 Å². The second-order valence-corrected chi connectivity index (χ2v) is 6.05. The Morgan fingerprint density at radius 2 is 1.86 bits per heavy atom. The fourth-order valence-corrected chi connectivity index (χ4v) is 2.53. The molecule has 0 unspecified atom stereocenters. The molecule has 0 atom stereocenters. The molecular formula is C17H22N4. The number of rotatable bonds is 5. The lowest BCUT2D eigenvalue weighted by Gasteiger charge is -2.17. The Hall–Kier alpha value is -1.97.